The molecule has 1 aromatic carbocycles. The third-order valence-corrected chi connectivity index (χ3v) is 5.28. The molecule has 28 heavy (non-hydrogen) atoms. The fourth-order valence-corrected chi connectivity index (χ4v) is 3.53. The zero-order valence-corrected chi connectivity index (χ0v) is 15.4. The van der Waals surface area contributed by atoms with Crippen molar-refractivity contribution >= 4 is 17.8 Å². The minimum Gasteiger partial charge on any atom is -0.352 e. The number of hydrogen-bond donors (Lipinski definition) is 1. The van der Waals surface area contributed by atoms with E-state index in [0.29, 0.717) is 44.1 Å². The number of halogens is 1. The summed E-state index contributed by atoms with van der Waals surface area (Å²) in [6.45, 7) is 2.67. The third-order valence-electron chi connectivity index (χ3n) is 5.28. The summed E-state index contributed by atoms with van der Waals surface area (Å²) in [4.78, 5) is 37.3. The second-order valence-corrected chi connectivity index (χ2v) is 7.12. The largest absolute Gasteiger partial charge is 0.352 e. The van der Waals surface area contributed by atoms with Gasteiger partial charge in [-0.15, -0.1) is 0 Å². The number of hydrogen-bond acceptors (Lipinski definition) is 5. The van der Waals surface area contributed by atoms with Gasteiger partial charge in [-0.3, -0.25) is 9.59 Å². The van der Waals surface area contributed by atoms with E-state index in [4.69, 9.17) is 0 Å². The smallest absolute Gasteiger partial charge is 0.226 e. The Hall–Kier alpha value is -3.03. The first kappa shape index (κ1) is 18.3. The van der Waals surface area contributed by atoms with Crippen LogP contribution in [0.2, 0.25) is 0 Å². The molecule has 2 unspecified atom stereocenters. The van der Waals surface area contributed by atoms with Crippen molar-refractivity contribution < 1.29 is 14.0 Å². The third kappa shape index (κ3) is 3.95. The van der Waals surface area contributed by atoms with E-state index < -0.39 is 0 Å². The summed E-state index contributed by atoms with van der Waals surface area (Å²) in [5, 5.41) is 2.74. The summed E-state index contributed by atoms with van der Waals surface area (Å²) in [6.07, 6.45) is 3.97. The van der Waals surface area contributed by atoms with Crippen LogP contribution in [0.25, 0.3) is 0 Å². The van der Waals surface area contributed by atoms with Gasteiger partial charge in [0.15, 0.2) is 0 Å². The number of rotatable bonds is 5. The molecule has 2 aromatic rings. The van der Waals surface area contributed by atoms with Gasteiger partial charge >= 0.3 is 0 Å². The number of aromatic nitrogens is 2. The molecule has 1 saturated heterocycles. The zero-order chi connectivity index (χ0) is 19.5. The van der Waals surface area contributed by atoms with Crippen LogP contribution in [0.4, 0.5) is 10.3 Å². The first-order valence-electron chi connectivity index (χ1n) is 9.45. The number of carbonyl (C=O) groups excluding carboxylic acids is 2. The molecule has 0 spiro atoms. The minimum atomic E-state index is -0.341. The quantitative estimate of drug-likeness (QED) is 0.840. The highest BCUT2D eigenvalue weighted by molar-refractivity contribution is 5.92. The topological polar surface area (TPSA) is 78.4 Å². The summed E-state index contributed by atoms with van der Waals surface area (Å²) >= 11 is 0. The standard InChI is InChI=1S/C20H22FN5O2/c21-17-5-2-1-4-14(17)13-24-18(27)15-12-16(15)19(28)25-8-10-26(11-9-25)20-22-6-3-7-23-20/h1-7,15-16H,8-13H2,(H,24,27). The number of amides is 2. The highest BCUT2D eigenvalue weighted by Gasteiger charge is 2.49. The van der Waals surface area contributed by atoms with Crippen molar-refractivity contribution in [1.82, 2.24) is 20.2 Å². The lowest BCUT2D eigenvalue weighted by Crippen LogP contribution is -2.50. The predicted molar refractivity (Wildman–Crippen MR) is 101 cm³/mol. The van der Waals surface area contributed by atoms with Crippen molar-refractivity contribution in [3.05, 3.63) is 54.1 Å². The zero-order valence-electron chi connectivity index (χ0n) is 15.4. The van der Waals surface area contributed by atoms with Crippen LogP contribution in [0.15, 0.2) is 42.7 Å². The molecule has 2 heterocycles. The average molecular weight is 383 g/mol. The van der Waals surface area contributed by atoms with Gasteiger partial charge in [0.25, 0.3) is 0 Å². The second-order valence-electron chi connectivity index (χ2n) is 7.12. The van der Waals surface area contributed by atoms with E-state index in [9.17, 15) is 14.0 Å². The summed E-state index contributed by atoms with van der Waals surface area (Å²) in [5.74, 6) is -0.398. The van der Waals surface area contributed by atoms with Crippen molar-refractivity contribution in [2.75, 3.05) is 31.1 Å². The van der Waals surface area contributed by atoms with Gasteiger partial charge in [0.05, 0.1) is 11.8 Å². The van der Waals surface area contributed by atoms with E-state index in [1.54, 1.807) is 36.7 Å². The molecule has 4 rings (SSSR count). The molecule has 2 amide bonds. The summed E-state index contributed by atoms with van der Waals surface area (Å²) in [6, 6.07) is 8.12. The Morgan fingerprint density at radius 2 is 1.75 bits per heavy atom. The summed E-state index contributed by atoms with van der Waals surface area (Å²) in [7, 11) is 0. The molecular weight excluding hydrogens is 361 g/mol. The van der Waals surface area contributed by atoms with Gasteiger partial charge in [-0.05, 0) is 18.6 Å². The van der Waals surface area contributed by atoms with Gasteiger partial charge in [0.2, 0.25) is 17.8 Å². The lowest BCUT2D eigenvalue weighted by atomic mass is 10.2. The van der Waals surface area contributed by atoms with Gasteiger partial charge in [-0.1, -0.05) is 18.2 Å². The van der Waals surface area contributed by atoms with E-state index in [0.717, 1.165) is 0 Å². The molecule has 2 atom stereocenters. The summed E-state index contributed by atoms with van der Waals surface area (Å²) < 4.78 is 13.6. The van der Waals surface area contributed by atoms with Gasteiger partial charge in [-0.25, -0.2) is 14.4 Å². The Bertz CT molecular complexity index is 855. The Morgan fingerprint density at radius 3 is 2.46 bits per heavy atom. The average Bonchev–Trinajstić information content (AvgIpc) is 3.54. The lowest BCUT2D eigenvalue weighted by Gasteiger charge is -2.34. The Morgan fingerprint density at radius 1 is 1.04 bits per heavy atom. The number of nitrogens with zero attached hydrogens (tertiary/aromatic N) is 4. The van der Waals surface area contributed by atoms with Gasteiger partial charge < -0.3 is 15.1 Å². The highest BCUT2D eigenvalue weighted by Crippen LogP contribution is 2.40. The molecule has 0 bridgehead atoms. The number of carbonyl (C=O) groups is 2. The van der Waals surface area contributed by atoms with Gasteiger partial charge in [0.1, 0.15) is 5.82 Å². The van der Waals surface area contributed by atoms with E-state index >= 15 is 0 Å². The van der Waals surface area contributed by atoms with Crippen LogP contribution in [-0.4, -0.2) is 52.9 Å². The van der Waals surface area contributed by atoms with Crippen LogP contribution < -0.4 is 10.2 Å². The predicted octanol–water partition coefficient (Wildman–Crippen LogP) is 1.22. The number of nitrogens with one attached hydrogen (secondary N) is 1. The van der Waals surface area contributed by atoms with E-state index in [1.165, 1.54) is 6.07 Å². The maximum absolute atomic E-state index is 13.6. The van der Waals surface area contributed by atoms with E-state index in [2.05, 4.69) is 20.2 Å². The molecule has 146 valence electrons. The molecule has 1 aliphatic heterocycles. The molecule has 2 aliphatic rings. The molecule has 1 aromatic heterocycles. The fraction of sp³-hybridized carbons (Fsp3) is 0.400. The molecular formula is C20H22FN5O2. The minimum absolute atomic E-state index is 0.0275. The van der Waals surface area contributed by atoms with Crippen molar-refractivity contribution in [3.63, 3.8) is 0 Å². The second kappa shape index (κ2) is 7.92. The van der Waals surface area contributed by atoms with Crippen LogP contribution in [-0.2, 0) is 16.1 Å². The maximum Gasteiger partial charge on any atom is 0.226 e. The molecule has 1 aliphatic carbocycles. The number of benzene rings is 1. The summed E-state index contributed by atoms with van der Waals surface area (Å²) in [5.41, 5.74) is 0.443. The van der Waals surface area contributed by atoms with Crippen LogP contribution in [0, 0.1) is 17.7 Å². The van der Waals surface area contributed by atoms with Crippen LogP contribution in [0.3, 0.4) is 0 Å². The van der Waals surface area contributed by atoms with E-state index in [-0.39, 0.29) is 36.0 Å². The van der Waals surface area contributed by atoms with Crippen molar-refractivity contribution in [3.8, 4) is 0 Å². The van der Waals surface area contributed by atoms with Crippen molar-refractivity contribution in [2.24, 2.45) is 11.8 Å². The normalized spacial score (nSPS) is 21.3. The van der Waals surface area contributed by atoms with Crippen molar-refractivity contribution in [1.29, 1.82) is 0 Å². The van der Waals surface area contributed by atoms with Crippen LogP contribution in [0.1, 0.15) is 12.0 Å². The fourth-order valence-electron chi connectivity index (χ4n) is 3.53. The van der Waals surface area contributed by atoms with Crippen molar-refractivity contribution in [2.45, 2.75) is 13.0 Å². The molecule has 7 nitrogen and oxygen atoms in total. The Kier molecular flexibility index (Phi) is 5.18. The number of piperazine rings is 1. The lowest BCUT2D eigenvalue weighted by molar-refractivity contribution is -0.135. The van der Waals surface area contributed by atoms with Gasteiger partial charge in [0, 0.05) is 50.7 Å². The molecule has 1 N–H and O–H groups in total. The SMILES string of the molecule is O=C(NCc1ccccc1F)C1CC1C(=O)N1CCN(c2ncccn2)CC1. The monoisotopic (exact) mass is 383 g/mol. The van der Waals surface area contributed by atoms with E-state index in [1.807, 2.05) is 4.90 Å². The maximum atomic E-state index is 13.6. The molecule has 8 heteroatoms. The Labute approximate surface area is 162 Å². The molecule has 2 fully saturated rings. The van der Waals surface area contributed by atoms with Gasteiger partial charge in [-0.2, -0.15) is 0 Å². The van der Waals surface area contributed by atoms with Crippen LogP contribution >= 0.6 is 0 Å². The Balaban J connectivity index is 1.24. The number of anilines is 1. The van der Waals surface area contributed by atoms with Crippen LogP contribution in [0.5, 0.6) is 0 Å². The molecule has 0 radical (unpaired) electrons. The molecule has 1 saturated carbocycles. The first-order chi connectivity index (χ1) is 13.6. The first-order valence-corrected chi connectivity index (χ1v) is 9.45. The highest BCUT2D eigenvalue weighted by atomic mass is 19.1.